The fourth-order valence-electron chi connectivity index (χ4n) is 8.31. The summed E-state index contributed by atoms with van der Waals surface area (Å²) < 4.78 is 32.6. The average Bonchev–Trinajstić information content (AvgIpc) is 3.33. The first-order chi connectivity index (χ1) is 29.7. The molecule has 8 rings (SSSR count). The van der Waals surface area contributed by atoms with Gasteiger partial charge < -0.3 is 0 Å². The second-order valence-electron chi connectivity index (χ2n) is 16.0. The minimum absolute atomic E-state index is 0.932. The topological polar surface area (TPSA) is 36.9 Å². The molecule has 0 atom stereocenters. The van der Waals surface area contributed by atoms with Gasteiger partial charge in [-0.2, -0.15) is 0 Å². The molecule has 0 spiro atoms. The molecule has 61 heavy (non-hydrogen) atoms. The maximum atomic E-state index is 8.16. The van der Waals surface area contributed by atoms with Gasteiger partial charge in [0.25, 0.3) is 0 Å². The van der Waals surface area contributed by atoms with Crippen molar-refractivity contribution >= 4 is 20.0 Å². The van der Waals surface area contributed by atoms with E-state index in [0.717, 1.165) is 44.5 Å². The number of benzene rings is 8. The maximum absolute atomic E-state index is 8.16. The van der Waals surface area contributed by atoms with Gasteiger partial charge in [-0.1, -0.05) is 0 Å². The second-order valence-corrected chi connectivity index (χ2v) is 21.2. The van der Waals surface area contributed by atoms with E-state index >= 15 is 0 Å². The van der Waals surface area contributed by atoms with Gasteiger partial charge in [-0.25, -0.2) is 0 Å². The van der Waals surface area contributed by atoms with Crippen molar-refractivity contribution in [3.8, 4) is 0 Å². The van der Waals surface area contributed by atoms with E-state index in [1.54, 1.807) is 0 Å². The van der Waals surface area contributed by atoms with Crippen molar-refractivity contribution in [2.75, 3.05) is 0 Å². The van der Waals surface area contributed by atoms with Crippen LogP contribution in [-0.4, -0.2) is 20.0 Å². The summed E-state index contributed by atoms with van der Waals surface area (Å²) in [5.74, 6) is 0. The third kappa shape index (κ3) is 8.78. The Kier molecular flexibility index (Phi) is 12.5. The molecule has 8 aromatic carbocycles. The molecule has 0 aromatic heterocycles. The molecule has 0 saturated carbocycles. The summed E-state index contributed by atoms with van der Waals surface area (Å²) in [5, 5.41) is 0. The van der Waals surface area contributed by atoms with Crippen molar-refractivity contribution in [1.29, 1.82) is 0 Å². The van der Waals surface area contributed by atoms with Crippen LogP contribution >= 0.6 is 0 Å². The molecule has 4 nitrogen and oxygen atoms in total. The molecule has 8 aromatic rings. The van der Waals surface area contributed by atoms with Crippen LogP contribution in [0.3, 0.4) is 0 Å². The van der Waals surface area contributed by atoms with Crippen LogP contribution in [-0.2, 0) is 34.7 Å². The predicted molar refractivity (Wildman–Crippen MR) is 247 cm³/mol. The van der Waals surface area contributed by atoms with Gasteiger partial charge in [0.05, 0.1) is 0 Å². The van der Waals surface area contributed by atoms with Crippen LogP contribution in [0, 0.1) is 0 Å². The molecule has 0 N–H and O–H groups in total. The van der Waals surface area contributed by atoms with E-state index in [1.807, 2.05) is 146 Å². The summed E-state index contributed by atoms with van der Waals surface area (Å²) >= 11 is -6.06. The van der Waals surface area contributed by atoms with Gasteiger partial charge in [-0.05, 0) is 0 Å². The van der Waals surface area contributed by atoms with E-state index in [0.29, 0.717) is 0 Å². The summed E-state index contributed by atoms with van der Waals surface area (Å²) in [6, 6.07) is 82.8. The van der Waals surface area contributed by atoms with Crippen LogP contribution in [0.2, 0.25) is 0 Å². The van der Waals surface area contributed by atoms with Crippen molar-refractivity contribution in [3.05, 3.63) is 287 Å². The number of hydrogen-bond donors (Lipinski definition) is 0. The molecule has 0 radical (unpaired) electrons. The zero-order chi connectivity index (χ0) is 42.2. The number of rotatable bonds is 16. The van der Waals surface area contributed by atoms with E-state index < -0.39 is 42.4 Å². The van der Waals surface area contributed by atoms with Gasteiger partial charge in [-0.3, -0.25) is 0 Å². The Balaban J connectivity index is 1.49. The molecule has 0 aliphatic rings. The molecule has 0 unspecified atom stereocenters. The summed E-state index contributed by atoms with van der Waals surface area (Å²) in [7, 11) is 0. The van der Waals surface area contributed by atoms with Gasteiger partial charge >= 0.3 is 370 Å². The van der Waals surface area contributed by atoms with Crippen molar-refractivity contribution in [3.63, 3.8) is 0 Å². The van der Waals surface area contributed by atoms with E-state index in [2.05, 4.69) is 125 Å². The first-order valence-corrected chi connectivity index (χ1v) is 25.6. The third-order valence-electron chi connectivity index (χ3n) is 11.9. The SMILES string of the molecule is CC([O][Sn]([O]C(C)(c1ccccc1)c1ccccc1)([O]C(C)(c1ccccc1)c1ccccc1)[O]C(C)(c1ccccc1)c1ccccc1)(c1ccccc1)c1ccccc1. The third-order valence-corrected chi connectivity index (χ3v) is 19.4. The standard InChI is InChI=1S/4C14H13O.Sn/c4*1-14(15,12-8-4-2-5-9-12)13-10-6-3-7-11-13;/h4*2-11H,1H3;/q4*-1;+4. The summed E-state index contributed by atoms with van der Waals surface area (Å²) in [5.41, 5.74) is 2.94. The molecule has 0 saturated heterocycles. The first-order valence-electron chi connectivity index (χ1n) is 20.9. The fourth-order valence-corrected chi connectivity index (χ4v) is 17.4. The Morgan fingerprint density at radius 2 is 0.328 bits per heavy atom. The molecule has 0 aliphatic heterocycles. The van der Waals surface area contributed by atoms with Gasteiger partial charge in [-0.15, -0.1) is 0 Å². The molecule has 0 bridgehead atoms. The molecule has 0 heterocycles. The van der Waals surface area contributed by atoms with Crippen LogP contribution in [0.15, 0.2) is 243 Å². The number of hydrogen-bond acceptors (Lipinski definition) is 4. The van der Waals surface area contributed by atoms with E-state index in [1.165, 1.54) is 0 Å². The quantitative estimate of drug-likeness (QED) is 0.0905. The minimum atomic E-state index is -6.06. The molecular formula is C56H52O4Sn. The van der Waals surface area contributed by atoms with Crippen molar-refractivity contribution in [1.82, 2.24) is 0 Å². The van der Waals surface area contributed by atoms with Crippen LogP contribution in [0.1, 0.15) is 72.2 Å². The zero-order valence-electron chi connectivity index (χ0n) is 35.2. The fraction of sp³-hybridized carbons (Fsp3) is 0.143. The Labute approximate surface area is 367 Å². The normalized spacial score (nSPS) is 12.5. The Hall–Kier alpha value is -5.60. The molecule has 304 valence electrons. The summed E-state index contributed by atoms with van der Waals surface area (Å²) in [6.07, 6.45) is 0. The Morgan fingerprint density at radius 3 is 0.443 bits per heavy atom. The van der Waals surface area contributed by atoms with Crippen molar-refractivity contribution in [2.24, 2.45) is 0 Å². The van der Waals surface area contributed by atoms with E-state index in [4.69, 9.17) is 12.3 Å². The van der Waals surface area contributed by atoms with Gasteiger partial charge in [0, 0.05) is 0 Å². The van der Waals surface area contributed by atoms with Gasteiger partial charge in [0.2, 0.25) is 0 Å². The molecule has 0 aliphatic carbocycles. The van der Waals surface area contributed by atoms with Crippen LogP contribution < -0.4 is 0 Å². The first kappa shape index (κ1) is 42.1. The monoisotopic (exact) mass is 908 g/mol. The summed E-state index contributed by atoms with van der Waals surface area (Å²) in [4.78, 5) is 0. The molecule has 5 heteroatoms. The second kappa shape index (κ2) is 18.2. The molecule has 0 fully saturated rings. The predicted octanol–water partition coefficient (Wildman–Crippen LogP) is 13.3. The Bertz CT molecular complexity index is 2030. The van der Waals surface area contributed by atoms with E-state index in [-0.39, 0.29) is 0 Å². The van der Waals surface area contributed by atoms with Crippen LogP contribution in [0.25, 0.3) is 0 Å². The van der Waals surface area contributed by atoms with Crippen molar-refractivity contribution in [2.45, 2.75) is 50.1 Å². The van der Waals surface area contributed by atoms with Crippen molar-refractivity contribution < 1.29 is 12.3 Å². The Morgan fingerprint density at radius 1 is 0.213 bits per heavy atom. The van der Waals surface area contributed by atoms with Gasteiger partial charge in [0.15, 0.2) is 0 Å². The molecular weight excluding hydrogens is 855 g/mol. The molecule has 0 amide bonds. The average molecular weight is 908 g/mol. The van der Waals surface area contributed by atoms with Gasteiger partial charge in [0.1, 0.15) is 0 Å². The van der Waals surface area contributed by atoms with Crippen LogP contribution in [0.4, 0.5) is 0 Å². The van der Waals surface area contributed by atoms with E-state index in [9.17, 15) is 0 Å². The summed E-state index contributed by atoms with van der Waals surface area (Å²) in [6.45, 7) is 8.47. The van der Waals surface area contributed by atoms with Crippen LogP contribution in [0.5, 0.6) is 0 Å². The zero-order valence-corrected chi connectivity index (χ0v) is 38.1.